The fourth-order valence-corrected chi connectivity index (χ4v) is 5.27. The van der Waals surface area contributed by atoms with Gasteiger partial charge in [-0.05, 0) is 55.3 Å². The molecule has 0 bridgehead atoms. The van der Waals surface area contributed by atoms with Crippen LogP contribution in [0.2, 0.25) is 5.02 Å². The van der Waals surface area contributed by atoms with Crippen LogP contribution in [0.4, 0.5) is 11.4 Å². The van der Waals surface area contributed by atoms with Crippen LogP contribution in [0.15, 0.2) is 47.4 Å². The lowest BCUT2D eigenvalue weighted by molar-refractivity contribution is -0.120. The van der Waals surface area contributed by atoms with E-state index in [-0.39, 0.29) is 16.7 Å². The molecule has 0 spiro atoms. The van der Waals surface area contributed by atoms with Gasteiger partial charge in [-0.15, -0.1) is 0 Å². The Labute approximate surface area is 182 Å². The minimum absolute atomic E-state index is 0.120. The molecule has 0 aromatic heterocycles. The molecule has 0 radical (unpaired) electrons. The summed E-state index contributed by atoms with van der Waals surface area (Å²) in [6.45, 7) is 0.597. The molecule has 2 aromatic carbocycles. The van der Waals surface area contributed by atoms with Gasteiger partial charge in [0.1, 0.15) is 5.75 Å². The molecule has 3 rings (SSSR count). The van der Waals surface area contributed by atoms with Gasteiger partial charge < -0.3 is 15.0 Å². The predicted octanol–water partition coefficient (Wildman–Crippen LogP) is 3.45. The highest BCUT2D eigenvalue weighted by atomic mass is 35.5. The molecule has 1 aliphatic heterocycles. The molecule has 162 valence electrons. The molecule has 1 heterocycles. The van der Waals surface area contributed by atoms with Crippen LogP contribution >= 0.6 is 11.6 Å². The second-order valence-corrected chi connectivity index (χ2v) is 9.75. The Hall–Kier alpha value is -2.29. The van der Waals surface area contributed by atoms with Crippen molar-refractivity contribution in [1.82, 2.24) is 4.31 Å². The molecule has 1 saturated heterocycles. The summed E-state index contributed by atoms with van der Waals surface area (Å²) in [4.78, 5) is 14.8. The quantitative estimate of drug-likeness (QED) is 0.727. The number of hydrogen-bond donors (Lipinski definition) is 1. The maximum atomic E-state index is 12.8. The van der Waals surface area contributed by atoms with Crippen LogP contribution in [0.5, 0.6) is 5.75 Å². The van der Waals surface area contributed by atoms with Crippen molar-refractivity contribution in [3.63, 3.8) is 0 Å². The molecule has 9 heteroatoms. The maximum Gasteiger partial charge on any atom is 0.243 e. The lowest BCUT2D eigenvalue weighted by Gasteiger charge is -2.30. The number of anilines is 2. The average molecular weight is 452 g/mol. The Morgan fingerprint density at radius 2 is 1.77 bits per heavy atom. The molecule has 2 aromatic rings. The smallest absolute Gasteiger partial charge is 0.243 e. The van der Waals surface area contributed by atoms with Crippen molar-refractivity contribution in [2.45, 2.75) is 17.7 Å². The monoisotopic (exact) mass is 451 g/mol. The first-order chi connectivity index (χ1) is 14.2. The first kappa shape index (κ1) is 22.4. The van der Waals surface area contributed by atoms with E-state index < -0.39 is 10.0 Å². The van der Waals surface area contributed by atoms with E-state index in [1.54, 1.807) is 18.2 Å². The van der Waals surface area contributed by atoms with Crippen LogP contribution in [0.1, 0.15) is 12.8 Å². The van der Waals surface area contributed by atoms with Crippen LogP contribution in [-0.4, -0.2) is 52.9 Å². The number of amides is 1. The highest BCUT2D eigenvalue weighted by Crippen LogP contribution is 2.29. The zero-order valence-corrected chi connectivity index (χ0v) is 18.8. The van der Waals surface area contributed by atoms with E-state index in [0.717, 1.165) is 5.69 Å². The molecule has 0 atom stereocenters. The van der Waals surface area contributed by atoms with E-state index >= 15 is 0 Å². The number of carbonyl (C=O) groups is 1. The van der Waals surface area contributed by atoms with Gasteiger partial charge in [-0.25, -0.2) is 8.42 Å². The lowest BCUT2D eigenvalue weighted by atomic mass is 9.97. The molecule has 30 heavy (non-hydrogen) atoms. The summed E-state index contributed by atoms with van der Waals surface area (Å²) in [5.74, 6) is 0.229. The topological polar surface area (TPSA) is 79.0 Å². The van der Waals surface area contributed by atoms with Gasteiger partial charge in [-0.2, -0.15) is 4.31 Å². The molecule has 1 fully saturated rings. The summed E-state index contributed by atoms with van der Waals surface area (Å²) in [7, 11) is 1.73. The Bertz CT molecular complexity index is 1000. The summed E-state index contributed by atoms with van der Waals surface area (Å²) < 4.78 is 32.2. The van der Waals surface area contributed by atoms with Gasteiger partial charge >= 0.3 is 0 Å². The standard InChI is InChI=1S/C21H26ClN3O4S/c1-24(2)20-9-4-16(14-19(20)22)23-21(26)15-10-12-25(13-11-15)30(27,28)18-7-5-17(29-3)6-8-18/h4-9,14-15H,10-13H2,1-3H3,(H,23,26). The van der Waals surface area contributed by atoms with E-state index in [1.165, 1.54) is 23.5 Å². The second-order valence-electron chi connectivity index (χ2n) is 7.40. The van der Waals surface area contributed by atoms with Gasteiger partial charge in [0.15, 0.2) is 0 Å². The molecular weight excluding hydrogens is 426 g/mol. The maximum absolute atomic E-state index is 12.8. The molecule has 1 amide bonds. The number of rotatable bonds is 6. The molecule has 0 unspecified atom stereocenters. The summed E-state index contributed by atoms with van der Waals surface area (Å²) in [5, 5.41) is 3.45. The van der Waals surface area contributed by atoms with Crippen molar-refractivity contribution in [2.75, 3.05) is 44.5 Å². The van der Waals surface area contributed by atoms with Gasteiger partial charge in [-0.1, -0.05) is 11.6 Å². The number of hydrogen-bond acceptors (Lipinski definition) is 5. The van der Waals surface area contributed by atoms with E-state index in [1.807, 2.05) is 31.1 Å². The highest BCUT2D eigenvalue weighted by Gasteiger charge is 2.32. The van der Waals surface area contributed by atoms with Gasteiger partial charge in [0.05, 0.1) is 22.7 Å². The van der Waals surface area contributed by atoms with E-state index in [4.69, 9.17) is 16.3 Å². The Morgan fingerprint density at radius 1 is 1.13 bits per heavy atom. The van der Waals surface area contributed by atoms with Crippen molar-refractivity contribution in [3.05, 3.63) is 47.5 Å². The van der Waals surface area contributed by atoms with Crippen molar-refractivity contribution in [3.8, 4) is 5.75 Å². The molecule has 1 aliphatic rings. The zero-order chi connectivity index (χ0) is 21.9. The van der Waals surface area contributed by atoms with E-state index in [9.17, 15) is 13.2 Å². The number of carbonyl (C=O) groups excluding carboxylic acids is 1. The number of benzene rings is 2. The Morgan fingerprint density at radius 3 is 2.30 bits per heavy atom. The number of ether oxygens (including phenoxy) is 1. The number of piperidine rings is 1. The minimum Gasteiger partial charge on any atom is -0.497 e. The second kappa shape index (κ2) is 9.24. The van der Waals surface area contributed by atoms with Crippen LogP contribution < -0.4 is 15.0 Å². The molecule has 7 nitrogen and oxygen atoms in total. The van der Waals surface area contributed by atoms with Crippen LogP contribution in [0.25, 0.3) is 0 Å². The SMILES string of the molecule is COc1ccc(S(=O)(=O)N2CCC(C(=O)Nc3ccc(N(C)C)c(Cl)c3)CC2)cc1. The third kappa shape index (κ3) is 4.88. The largest absolute Gasteiger partial charge is 0.497 e. The van der Waals surface area contributed by atoms with Gasteiger partial charge in [0.25, 0.3) is 0 Å². The van der Waals surface area contributed by atoms with Gasteiger partial charge in [0.2, 0.25) is 15.9 Å². The number of methoxy groups -OCH3 is 1. The first-order valence-corrected chi connectivity index (χ1v) is 11.5. The summed E-state index contributed by atoms with van der Waals surface area (Å²) in [5.41, 5.74) is 1.50. The summed E-state index contributed by atoms with van der Waals surface area (Å²) >= 11 is 6.27. The van der Waals surface area contributed by atoms with Crippen molar-refractivity contribution in [2.24, 2.45) is 5.92 Å². The third-order valence-electron chi connectivity index (χ3n) is 5.22. The number of sulfonamides is 1. The number of nitrogens with one attached hydrogen (secondary N) is 1. The predicted molar refractivity (Wildman–Crippen MR) is 119 cm³/mol. The average Bonchev–Trinajstić information content (AvgIpc) is 2.73. The van der Waals surface area contributed by atoms with Crippen molar-refractivity contribution in [1.29, 1.82) is 0 Å². The zero-order valence-electron chi connectivity index (χ0n) is 17.3. The highest BCUT2D eigenvalue weighted by molar-refractivity contribution is 7.89. The number of halogens is 1. The molecule has 0 saturated carbocycles. The fourth-order valence-electron chi connectivity index (χ4n) is 3.45. The normalized spacial score (nSPS) is 15.6. The summed E-state index contributed by atoms with van der Waals surface area (Å²) in [6, 6.07) is 11.7. The van der Waals surface area contributed by atoms with Crippen LogP contribution in [0, 0.1) is 5.92 Å². The summed E-state index contributed by atoms with van der Waals surface area (Å²) in [6.07, 6.45) is 0.926. The van der Waals surface area contributed by atoms with E-state index in [2.05, 4.69) is 5.32 Å². The number of nitrogens with zero attached hydrogens (tertiary/aromatic N) is 2. The van der Waals surface area contributed by atoms with Crippen molar-refractivity contribution >= 4 is 38.9 Å². The molecule has 1 N–H and O–H groups in total. The first-order valence-electron chi connectivity index (χ1n) is 9.64. The Balaban J connectivity index is 1.60. The minimum atomic E-state index is -3.59. The van der Waals surface area contributed by atoms with E-state index in [0.29, 0.717) is 42.4 Å². The Kier molecular flexibility index (Phi) is 6.90. The lowest BCUT2D eigenvalue weighted by Crippen LogP contribution is -2.41. The van der Waals surface area contributed by atoms with Gasteiger partial charge in [-0.3, -0.25) is 4.79 Å². The van der Waals surface area contributed by atoms with Gasteiger partial charge in [0, 0.05) is 38.8 Å². The van der Waals surface area contributed by atoms with Crippen LogP contribution in [-0.2, 0) is 14.8 Å². The third-order valence-corrected chi connectivity index (χ3v) is 7.43. The fraction of sp³-hybridized carbons (Fsp3) is 0.381. The van der Waals surface area contributed by atoms with Crippen LogP contribution in [0.3, 0.4) is 0 Å². The molecular formula is C21H26ClN3O4S. The van der Waals surface area contributed by atoms with Crippen molar-refractivity contribution < 1.29 is 17.9 Å². The molecule has 0 aliphatic carbocycles.